The van der Waals surface area contributed by atoms with Gasteiger partial charge in [-0.25, -0.2) is 0 Å². The molecule has 1 saturated carbocycles. The monoisotopic (exact) mass is 447 g/mol. The molecule has 2 unspecified atom stereocenters. The maximum Gasteiger partial charge on any atom is 0.328 e. The van der Waals surface area contributed by atoms with Gasteiger partial charge in [-0.1, -0.05) is 24.3 Å². The molecule has 0 radical (unpaired) electrons. The molecule has 0 aliphatic heterocycles. The molecule has 0 saturated heterocycles. The van der Waals surface area contributed by atoms with Gasteiger partial charge in [-0.2, -0.15) is 5.90 Å². The molecule has 3 aromatic rings. The zero-order valence-electron chi connectivity index (χ0n) is 18.4. The second-order valence-electron chi connectivity index (χ2n) is 7.93. The van der Waals surface area contributed by atoms with Gasteiger partial charge in [0.15, 0.2) is 6.61 Å². The van der Waals surface area contributed by atoms with Crippen LogP contribution in [0.25, 0.3) is 0 Å². The summed E-state index contributed by atoms with van der Waals surface area (Å²) >= 11 is 0. The number of benzene rings is 3. The molecule has 3 aromatic carbocycles. The van der Waals surface area contributed by atoms with Crippen LogP contribution in [-0.2, 0) is 16.2 Å². The summed E-state index contributed by atoms with van der Waals surface area (Å²) in [7, 11) is 1.63. The van der Waals surface area contributed by atoms with Crippen LogP contribution >= 0.6 is 0 Å². The minimum Gasteiger partial charge on any atom is -0.497 e. The molecule has 0 bridgehead atoms. The van der Waals surface area contributed by atoms with Crippen LogP contribution in [0.5, 0.6) is 17.2 Å². The second kappa shape index (κ2) is 10.2. The smallest absolute Gasteiger partial charge is 0.328 e. The topological polar surface area (TPSA) is 106 Å². The number of ether oxygens (including phenoxy) is 3. The molecule has 7 nitrogen and oxygen atoms in total. The van der Waals surface area contributed by atoms with E-state index in [9.17, 15) is 4.79 Å². The van der Waals surface area contributed by atoms with Crippen LogP contribution in [0.2, 0.25) is 0 Å². The molecular formula is C26H27N2O5+. The fraction of sp³-hybridized carbons (Fsp3) is 0.231. The Hall–Kier alpha value is -3.84. The van der Waals surface area contributed by atoms with E-state index < -0.39 is 0 Å². The van der Waals surface area contributed by atoms with Crippen molar-refractivity contribution >= 4 is 11.7 Å². The molecule has 2 atom stereocenters. The minimum absolute atomic E-state index is 0.133. The van der Waals surface area contributed by atoms with Gasteiger partial charge in [-0.3, -0.25) is 10.2 Å². The second-order valence-corrected chi connectivity index (χ2v) is 7.93. The van der Waals surface area contributed by atoms with E-state index >= 15 is 0 Å². The van der Waals surface area contributed by atoms with Crippen molar-refractivity contribution < 1.29 is 29.3 Å². The van der Waals surface area contributed by atoms with Crippen molar-refractivity contribution in [1.29, 1.82) is 0 Å². The Bertz CT molecular complexity index is 1100. The lowest BCUT2D eigenvalue weighted by atomic mass is 10.1. The fourth-order valence-corrected chi connectivity index (χ4v) is 3.62. The van der Waals surface area contributed by atoms with Gasteiger partial charge < -0.3 is 19.0 Å². The number of nitrogens with two attached hydrogens (primary N) is 2. The van der Waals surface area contributed by atoms with Crippen LogP contribution in [0.3, 0.4) is 0 Å². The summed E-state index contributed by atoms with van der Waals surface area (Å²) in [6.45, 7) is 0.727. The van der Waals surface area contributed by atoms with Gasteiger partial charge >= 0.3 is 5.97 Å². The highest BCUT2D eigenvalue weighted by atomic mass is 16.7. The molecule has 33 heavy (non-hydrogen) atoms. The SMILES string of the molecule is COc1ccc(C(=[NH2+])COc2ccc(COc3ccc(C4CC4C(=O)ON)cc3)cc2)cc1. The Kier molecular flexibility index (Phi) is 6.90. The summed E-state index contributed by atoms with van der Waals surface area (Å²) < 4.78 is 16.8. The fourth-order valence-electron chi connectivity index (χ4n) is 3.62. The average molecular weight is 448 g/mol. The summed E-state index contributed by atoms with van der Waals surface area (Å²) in [5, 5.41) is 6.14. The van der Waals surface area contributed by atoms with Gasteiger partial charge in [0.25, 0.3) is 0 Å². The van der Waals surface area contributed by atoms with E-state index in [4.69, 9.17) is 25.5 Å². The van der Waals surface area contributed by atoms with E-state index in [2.05, 4.69) is 4.84 Å². The van der Waals surface area contributed by atoms with Crippen molar-refractivity contribution in [2.45, 2.75) is 18.9 Å². The first-order valence-electron chi connectivity index (χ1n) is 10.7. The molecule has 0 aromatic heterocycles. The maximum absolute atomic E-state index is 11.5. The molecule has 4 rings (SSSR count). The highest BCUT2D eigenvalue weighted by Gasteiger charge is 2.45. The van der Waals surface area contributed by atoms with E-state index in [1.165, 1.54) is 0 Å². The molecule has 1 aliphatic carbocycles. The number of methoxy groups -OCH3 is 1. The van der Waals surface area contributed by atoms with Gasteiger partial charge in [0.05, 0.1) is 13.0 Å². The largest absolute Gasteiger partial charge is 0.497 e. The Morgan fingerprint density at radius 3 is 2.15 bits per heavy atom. The Morgan fingerprint density at radius 1 is 0.909 bits per heavy atom. The first-order chi connectivity index (χ1) is 16.1. The van der Waals surface area contributed by atoms with Gasteiger partial charge in [-0.05, 0) is 72.0 Å². The van der Waals surface area contributed by atoms with Crippen LogP contribution in [0.15, 0.2) is 72.8 Å². The summed E-state index contributed by atoms with van der Waals surface area (Å²) in [5.41, 5.74) is 3.66. The number of hydrogen-bond acceptors (Lipinski definition) is 6. The van der Waals surface area contributed by atoms with Gasteiger partial charge in [0, 0.05) is 5.56 Å². The molecule has 1 aliphatic rings. The van der Waals surface area contributed by atoms with Crippen LogP contribution in [0, 0.1) is 5.92 Å². The van der Waals surface area contributed by atoms with E-state index in [1.807, 2.05) is 72.8 Å². The van der Waals surface area contributed by atoms with E-state index in [0.717, 1.165) is 40.4 Å². The van der Waals surface area contributed by atoms with Crippen LogP contribution in [-0.4, -0.2) is 25.4 Å². The predicted octanol–water partition coefficient (Wildman–Crippen LogP) is 2.42. The van der Waals surface area contributed by atoms with Crippen LogP contribution in [0.4, 0.5) is 0 Å². The normalized spacial score (nSPS) is 16.5. The number of carbonyl (C=O) groups is 1. The summed E-state index contributed by atoms with van der Waals surface area (Å²) in [5.74, 6) is 6.93. The standard InChI is InChI=1S/C26H26N2O5/c1-30-20-10-6-19(7-11-20)25(27)16-32-21-8-2-17(3-9-21)15-31-22-12-4-18(5-13-22)23-14-24(23)26(29)33-28/h2-13,23-24,27H,14-16,28H2,1H3/p+1. The van der Waals surface area contributed by atoms with E-state index in [0.29, 0.717) is 18.9 Å². The number of rotatable bonds is 10. The third kappa shape index (κ3) is 5.70. The quantitative estimate of drug-likeness (QED) is 0.365. The Labute approximate surface area is 192 Å². The number of carbonyl (C=O) groups excluding carboxylic acids is 1. The number of hydrogen-bond donors (Lipinski definition) is 2. The van der Waals surface area contributed by atoms with Crippen LogP contribution in [0.1, 0.15) is 29.0 Å². The molecule has 0 spiro atoms. The lowest BCUT2D eigenvalue weighted by Gasteiger charge is -2.09. The van der Waals surface area contributed by atoms with Gasteiger partial charge in [-0.15, -0.1) is 0 Å². The van der Waals surface area contributed by atoms with E-state index in [-0.39, 0.29) is 17.8 Å². The highest BCUT2D eigenvalue weighted by molar-refractivity contribution is 5.97. The predicted molar refractivity (Wildman–Crippen MR) is 123 cm³/mol. The van der Waals surface area contributed by atoms with Crippen molar-refractivity contribution in [2.24, 2.45) is 11.8 Å². The minimum atomic E-state index is -0.353. The molecule has 0 amide bonds. The summed E-state index contributed by atoms with van der Waals surface area (Å²) in [4.78, 5) is 15.8. The first kappa shape index (κ1) is 22.4. The van der Waals surface area contributed by atoms with Crippen molar-refractivity contribution in [3.63, 3.8) is 0 Å². The molecule has 4 N–H and O–H groups in total. The lowest BCUT2D eigenvalue weighted by molar-refractivity contribution is -0.145. The maximum atomic E-state index is 11.5. The molecule has 0 heterocycles. The third-order valence-corrected chi connectivity index (χ3v) is 5.70. The molecule has 7 heteroatoms. The zero-order chi connectivity index (χ0) is 23.2. The highest BCUT2D eigenvalue weighted by Crippen LogP contribution is 2.48. The van der Waals surface area contributed by atoms with Crippen molar-refractivity contribution in [3.05, 3.63) is 89.5 Å². The van der Waals surface area contributed by atoms with Gasteiger partial charge in [0.1, 0.15) is 23.9 Å². The molecule has 1 fully saturated rings. The Morgan fingerprint density at radius 2 is 1.52 bits per heavy atom. The summed E-state index contributed by atoms with van der Waals surface area (Å²) in [6.07, 6.45) is 0.772. The lowest BCUT2D eigenvalue weighted by Crippen LogP contribution is -2.43. The third-order valence-electron chi connectivity index (χ3n) is 5.70. The van der Waals surface area contributed by atoms with E-state index in [1.54, 1.807) is 7.11 Å². The van der Waals surface area contributed by atoms with Crippen molar-refractivity contribution in [1.82, 2.24) is 0 Å². The summed E-state index contributed by atoms with van der Waals surface area (Å²) in [6, 6.07) is 23.0. The van der Waals surface area contributed by atoms with Crippen molar-refractivity contribution in [2.75, 3.05) is 13.7 Å². The zero-order valence-corrected chi connectivity index (χ0v) is 18.4. The first-order valence-corrected chi connectivity index (χ1v) is 10.7. The Balaban J connectivity index is 1.23. The molecule has 170 valence electrons. The van der Waals surface area contributed by atoms with Crippen molar-refractivity contribution in [3.8, 4) is 17.2 Å². The van der Waals surface area contributed by atoms with Gasteiger partial charge in [0.2, 0.25) is 5.71 Å². The van der Waals surface area contributed by atoms with Crippen LogP contribution < -0.4 is 25.5 Å². The molecular weight excluding hydrogens is 420 g/mol. The average Bonchev–Trinajstić information content (AvgIpc) is 3.67.